The van der Waals surface area contributed by atoms with E-state index < -0.39 is 0 Å². The first-order valence-electron chi connectivity index (χ1n) is 14.5. The Morgan fingerprint density at radius 1 is 1.20 bits per heavy atom. The molecule has 1 saturated carbocycles. The Morgan fingerprint density at radius 3 is 2.58 bits per heavy atom. The molecule has 0 atom stereocenters. The topological polar surface area (TPSA) is 121 Å². The van der Waals surface area contributed by atoms with Gasteiger partial charge in [0.15, 0.2) is 0 Å². The van der Waals surface area contributed by atoms with E-state index in [4.69, 9.17) is 22.1 Å². The number of rotatable bonds is 9. The number of nitrogens with one attached hydrogen (secondary N) is 3. The number of nitrogens with zero attached hydrogens (tertiary/aromatic N) is 2. The molecule has 2 heterocycles. The van der Waals surface area contributed by atoms with Crippen molar-refractivity contribution in [3.8, 4) is 5.75 Å². The number of nitrogens with two attached hydrogens (primary N) is 1. The van der Waals surface area contributed by atoms with E-state index in [1.54, 1.807) is 19.2 Å². The standard InChI is InChI=1S/C30H43ClN6O3/c1-19(2)18-35-29(38)21-10-13-34-28(33-3)24(16-21)27(32)36-22-8-9-26(25(31)17-22)40-23-11-14-37(15-12-23)30(39)20-6-4-5-7-20/h8-9,16-17,19-20,23,33-34H,4-7,10-15,18H2,1-3H3,(H2,32,36)(H,35,38). The number of aliphatic imine (C=N–C) groups is 1. The van der Waals surface area contributed by atoms with E-state index in [2.05, 4.69) is 34.8 Å². The van der Waals surface area contributed by atoms with Crippen molar-refractivity contribution in [1.82, 2.24) is 20.9 Å². The van der Waals surface area contributed by atoms with Gasteiger partial charge in [-0.1, -0.05) is 38.3 Å². The fourth-order valence-electron chi connectivity index (χ4n) is 5.41. The van der Waals surface area contributed by atoms with E-state index in [1.165, 1.54) is 12.8 Å². The lowest BCUT2D eigenvalue weighted by Gasteiger charge is -2.33. The number of piperidine rings is 1. The third kappa shape index (κ3) is 7.71. The molecule has 5 N–H and O–H groups in total. The first-order chi connectivity index (χ1) is 19.2. The lowest BCUT2D eigenvalue weighted by Crippen LogP contribution is -2.44. The van der Waals surface area contributed by atoms with Crippen molar-refractivity contribution < 1.29 is 14.3 Å². The zero-order chi connectivity index (χ0) is 28.6. The fourth-order valence-corrected chi connectivity index (χ4v) is 5.63. The first kappa shape index (κ1) is 29.8. The SMILES string of the molecule is CNC1=C(C(N)=Nc2ccc(OC3CCN(C(=O)C4CCCC4)CC3)c(Cl)c2)C=C(C(=O)NCC(C)C)CCN1. The third-order valence-electron chi connectivity index (χ3n) is 7.69. The number of hydrogen-bond acceptors (Lipinski definition) is 6. The number of amidine groups is 1. The summed E-state index contributed by atoms with van der Waals surface area (Å²) in [5.41, 5.74) is 8.29. The number of ether oxygens (including phenoxy) is 1. The van der Waals surface area contributed by atoms with Gasteiger partial charge in [0.1, 0.15) is 23.5 Å². The predicted octanol–water partition coefficient (Wildman–Crippen LogP) is 4.01. The van der Waals surface area contributed by atoms with Crippen LogP contribution in [-0.2, 0) is 9.59 Å². The molecule has 218 valence electrons. The summed E-state index contributed by atoms with van der Waals surface area (Å²) in [6.45, 7) is 6.76. The Morgan fingerprint density at radius 2 is 1.93 bits per heavy atom. The highest BCUT2D eigenvalue weighted by Gasteiger charge is 2.30. The van der Waals surface area contributed by atoms with Gasteiger partial charge in [-0.15, -0.1) is 0 Å². The van der Waals surface area contributed by atoms with Crippen LogP contribution in [0.25, 0.3) is 0 Å². The molecule has 40 heavy (non-hydrogen) atoms. The lowest BCUT2D eigenvalue weighted by molar-refractivity contribution is -0.137. The molecule has 1 aromatic carbocycles. The summed E-state index contributed by atoms with van der Waals surface area (Å²) >= 11 is 6.59. The summed E-state index contributed by atoms with van der Waals surface area (Å²) in [7, 11) is 1.80. The van der Waals surface area contributed by atoms with Gasteiger partial charge in [0.2, 0.25) is 11.8 Å². The Balaban J connectivity index is 1.41. The van der Waals surface area contributed by atoms with Crippen molar-refractivity contribution in [3.05, 3.63) is 46.3 Å². The third-order valence-corrected chi connectivity index (χ3v) is 7.98. The van der Waals surface area contributed by atoms with Crippen molar-refractivity contribution in [3.63, 3.8) is 0 Å². The van der Waals surface area contributed by atoms with Gasteiger partial charge in [0, 0.05) is 57.6 Å². The summed E-state index contributed by atoms with van der Waals surface area (Å²) < 4.78 is 6.21. The van der Waals surface area contributed by atoms with Crippen LogP contribution < -0.4 is 26.4 Å². The molecule has 1 saturated heterocycles. The van der Waals surface area contributed by atoms with Crippen LogP contribution in [-0.4, -0.2) is 61.9 Å². The van der Waals surface area contributed by atoms with Gasteiger partial charge in [-0.05, 0) is 49.5 Å². The molecular formula is C30H43ClN6O3. The summed E-state index contributed by atoms with van der Waals surface area (Å²) in [6, 6.07) is 5.35. The largest absolute Gasteiger partial charge is 0.489 e. The van der Waals surface area contributed by atoms with Crippen LogP contribution in [0, 0.1) is 11.8 Å². The minimum Gasteiger partial charge on any atom is -0.489 e. The van der Waals surface area contributed by atoms with E-state index >= 15 is 0 Å². The molecule has 0 aromatic heterocycles. The van der Waals surface area contributed by atoms with Crippen molar-refractivity contribution >= 4 is 34.9 Å². The second kappa shape index (κ2) is 13.9. The predicted molar refractivity (Wildman–Crippen MR) is 160 cm³/mol. The van der Waals surface area contributed by atoms with Crippen LogP contribution in [0.2, 0.25) is 5.02 Å². The minimum absolute atomic E-state index is 0.00959. The Bertz CT molecular complexity index is 1160. The van der Waals surface area contributed by atoms with Crippen LogP contribution in [0.5, 0.6) is 5.75 Å². The maximum atomic E-state index is 12.8. The van der Waals surface area contributed by atoms with Crippen molar-refractivity contribution in [1.29, 1.82) is 0 Å². The van der Waals surface area contributed by atoms with Crippen LogP contribution >= 0.6 is 11.6 Å². The first-order valence-corrected chi connectivity index (χ1v) is 14.9. The summed E-state index contributed by atoms with van der Waals surface area (Å²) in [5, 5.41) is 9.85. The lowest BCUT2D eigenvalue weighted by atomic mass is 10.0. The number of carbonyl (C=O) groups is 2. The smallest absolute Gasteiger partial charge is 0.247 e. The molecule has 9 nitrogen and oxygen atoms in total. The molecule has 10 heteroatoms. The Hall–Kier alpha value is -3.20. The molecular weight excluding hydrogens is 528 g/mol. The van der Waals surface area contributed by atoms with Crippen molar-refractivity contribution in [2.75, 3.05) is 33.2 Å². The maximum Gasteiger partial charge on any atom is 0.247 e. The van der Waals surface area contributed by atoms with Gasteiger partial charge in [-0.2, -0.15) is 0 Å². The highest BCUT2D eigenvalue weighted by Crippen LogP contribution is 2.32. The molecule has 0 unspecified atom stereocenters. The van der Waals surface area contributed by atoms with Gasteiger partial charge < -0.3 is 31.3 Å². The summed E-state index contributed by atoms with van der Waals surface area (Å²) in [6.07, 6.45) is 8.33. The van der Waals surface area contributed by atoms with E-state index in [0.717, 1.165) is 38.8 Å². The summed E-state index contributed by atoms with van der Waals surface area (Å²) in [4.78, 5) is 32.1. The number of hydrogen-bond donors (Lipinski definition) is 4. The van der Waals surface area contributed by atoms with Crippen molar-refractivity contribution in [2.24, 2.45) is 22.6 Å². The molecule has 0 bridgehead atoms. The van der Waals surface area contributed by atoms with Crippen LogP contribution in [0.15, 0.2) is 46.2 Å². The van der Waals surface area contributed by atoms with Crippen molar-refractivity contribution in [2.45, 2.75) is 64.9 Å². The van der Waals surface area contributed by atoms with E-state index in [0.29, 0.717) is 64.8 Å². The molecule has 0 spiro atoms. The minimum atomic E-state index is -0.101. The van der Waals surface area contributed by atoms with E-state index in [-0.39, 0.29) is 23.8 Å². The highest BCUT2D eigenvalue weighted by molar-refractivity contribution is 6.32. The number of likely N-dealkylation sites (tertiary alicyclic amines) is 1. The number of benzene rings is 1. The average molecular weight is 571 g/mol. The fraction of sp³-hybridized carbons (Fsp3) is 0.567. The average Bonchev–Trinajstić information content (AvgIpc) is 3.39. The molecule has 4 rings (SSSR count). The highest BCUT2D eigenvalue weighted by atomic mass is 35.5. The molecule has 1 aromatic rings. The Labute approximate surface area is 242 Å². The number of amides is 2. The zero-order valence-electron chi connectivity index (χ0n) is 23.9. The monoisotopic (exact) mass is 570 g/mol. The summed E-state index contributed by atoms with van der Waals surface area (Å²) in [5.74, 6) is 2.34. The molecule has 3 aliphatic rings. The normalized spacial score (nSPS) is 19.3. The van der Waals surface area contributed by atoms with Gasteiger partial charge in [-0.3, -0.25) is 9.59 Å². The van der Waals surface area contributed by atoms with E-state index in [9.17, 15) is 9.59 Å². The van der Waals surface area contributed by atoms with Crippen LogP contribution in [0.4, 0.5) is 5.69 Å². The quantitative estimate of drug-likeness (QED) is 0.263. The number of carbonyl (C=O) groups excluding carboxylic acids is 2. The van der Waals surface area contributed by atoms with Crippen LogP contribution in [0.1, 0.15) is 58.8 Å². The maximum absolute atomic E-state index is 12.8. The second-order valence-corrected chi connectivity index (χ2v) is 11.6. The molecule has 2 amide bonds. The molecule has 1 aliphatic carbocycles. The van der Waals surface area contributed by atoms with Gasteiger partial charge in [0.25, 0.3) is 0 Å². The molecule has 2 fully saturated rings. The van der Waals surface area contributed by atoms with E-state index in [1.807, 2.05) is 17.0 Å². The second-order valence-electron chi connectivity index (χ2n) is 11.2. The van der Waals surface area contributed by atoms with Crippen LogP contribution in [0.3, 0.4) is 0 Å². The van der Waals surface area contributed by atoms with Gasteiger partial charge >= 0.3 is 0 Å². The molecule has 2 aliphatic heterocycles. The zero-order valence-corrected chi connectivity index (χ0v) is 24.7. The van der Waals surface area contributed by atoms with Gasteiger partial charge in [0.05, 0.1) is 16.3 Å². The Kier molecular flexibility index (Phi) is 10.4. The van der Waals surface area contributed by atoms with Gasteiger partial charge in [-0.25, -0.2) is 4.99 Å². The number of halogens is 1. The molecule has 0 radical (unpaired) electrons.